The molecule has 1 fully saturated rings. The molecule has 0 radical (unpaired) electrons. The van der Waals surface area contributed by atoms with Gasteiger partial charge in [0.15, 0.2) is 0 Å². The minimum atomic E-state index is -0.591. The summed E-state index contributed by atoms with van der Waals surface area (Å²) in [5.74, 6) is -0.0352. The number of aliphatic hydroxyl groups excluding tert-OH is 1. The Hall–Kier alpha value is -2.32. The van der Waals surface area contributed by atoms with Crippen LogP contribution in [-0.4, -0.2) is 59.5 Å². The summed E-state index contributed by atoms with van der Waals surface area (Å²) in [6.07, 6.45) is 0.175. The number of aliphatic hydroxyl groups is 1. The lowest BCUT2D eigenvalue weighted by Gasteiger charge is -2.16. The van der Waals surface area contributed by atoms with E-state index in [1.807, 2.05) is 0 Å². The van der Waals surface area contributed by atoms with Crippen molar-refractivity contribution in [3.8, 4) is 5.75 Å². The largest absolute Gasteiger partial charge is 0.492 e. The van der Waals surface area contributed by atoms with Crippen LogP contribution in [0.5, 0.6) is 5.75 Å². The Labute approximate surface area is 127 Å². The van der Waals surface area contributed by atoms with Gasteiger partial charge in [-0.3, -0.25) is 10.0 Å². The van der Waals surface area contributed by atoms with Crippen molar-refractivity contribution in [3.05, 3.63) is 29.8 Å². The molecule has 8 heteroatoms. The first kappa shape index (κ1) is 16.1. The van der Waals surface area contributed by atoms with Crippen molar-refractivity contribution in [1.82, 2.24) is 15.7 Å². The molecule has 0 aromatic heterocycles. The molecule has 1 aromatic rings. The van der Waals surface area contributed by atoms with Crippen LogP contribution in [0.1, 0.15) is 16.8 Å². The first-order valence-corrected chi connectivity index (χ1v) is 6.98. The number of carbonyl (C=O) groups excluding carboxylic acids is 2. The van der Waals surface area contributed by atoms with Crippen LogP contribution in [0.4, 0.5) is 4.79 Å². The normalized spacial score (nSPS) is 17.2. The average Bonchev–Trinajstić information content (AvgIpc) is 2.98. The van der Waals surface area contributed by atoms with E-state index in [9.17, 15) is 14.7 Å². The maximum Gasteiger partial charge on any atom is 0.317 e. The van der Waals surface area contributed by atoms with Crippen molar-refractivity contribution in [2.45, 2.75) is 12.5 Å². The van der Waals surface area contributed by atoms with E-state index in [-0.39, 0.29) is 12.6 Å². The lowest BCUT2D eigenvalue weighted by atomic mass is 10.2. The monoisotopic (exact) mass is 309 g/mol. The van der Waals surface area contributed by atoms with Crippen LogP contribution in [0.25, 0.3) is 0 Å². The molecule has 0 aliphatic carbocycles. The molecule has 1 atom stereocenters. The van der Waals surface area contributed by atoms with Crippen molar-refractivity contribution >= 4 is 11.9 Å². The van der Waals surface area contributed by atoms with Crippen molar-refractivity contribution in [2.24, 2.45) is 0 Å². The molecular weight excluding hydrogens is 290 g/mol. The minimum Gasteiger partial charge on any atom is -0.492 e. The number of carbonyl (C=O) groups is 2. The molecule has 1 saturated heterocycles. The lowest BCUT2D eigenvalue weighted by molar-refractivity contribution is 0.0706. The second-order valence-electron chi connectivity index (χ2n) is 4.93. The Bertz CT molecular complexity index is 520. The highest BCUT2D eigenvalue weighted by molar-refractivity contribution is 5.93. The van der Waals surface area contributed by atoms with E-state index >= 15 is 0 Å². The highest BCUT2D eigenvalue weighted by Crippen LogP contribution is 2.12. The molecule has 8 nitrogen and oxygen atoms in total. The maximum absolute atomic E-state index is 11.7. The van der Waals surface area contributed by atoms with Gasteiger partial charge in [-0.1, -0.05) is 0 Å². The number of amides is 3. The molecule has 120 valence electrons. The molecule has 0 spiro atoms. The Morgan fingerprint density at radius 2 is 2.05 bits per heavy atom. The predicted octanol–water partition coefficient (Wildman–Crippen LogP) is -0.0394. The molecule has 1 heterocycles. The molecule has 1 aliphatic heterocycles. The second kappa shape index (κ2) is 7.62. The topological polar surface area (TPSA) is 111 Å². The van der Waals surface area contributed by atoms with Gasteiger partial charge >= 0.3 is 6.03 Å². The van der Waals surface area contributed by atoms with Crippen LogP contribution >= 0.6 is 0 Å². The summed E-state index contributed by atoms with van der Waals surface area (Å²) >= 11 is 0. The zero-order valence-electron chi connectivity index (χ0n) is 12.0. The second-order valence-corrected chi connectivity index (χ2v) is 4.93. The summed E-state index contributed by atoms with van der Waals surface area (Å²) in [6.45, 7) is 1.54. The number of urea groups is 1. The number of likely N-dealkylation sites (tertiary alicyclic amines) is 1. The van der Waals surface area contributed by atoms with Crippen molar-refractivity contribution < 1.29 is 24.6 Å². The molecule has 2 rings (SSSR count). The number of hydroxylamine groups is 1. The molecule has 4 N–H and O–H groups in total. The first-order valence-electron chi connectivity index (χ1n) is 6.98. The minimum absolute atomic E-state index is 0.213. The number of nitrogens with zero attached hydrogens (tertiary/aromatic N) is 1. The van der Waals surface area contributed by atoms with Crippen LogP contribution in [0, 0.1) is 0 Å². The fraction of sp³-hybridized carbons (Fsp3) is 0.429. The van der Waals surface area contributed by atoms with E-state index in [0.29, 0.717) is 37.4 Å². The Morgan fingerprint density at radius 3 is 2.64 bits per heavy atom. The van der Waals surface area contributed by atoms with Gasteiger partial charge in [-0.15, -0.1) is 0 Å². The number of ether oxygens (including phenoxy) is 1. The number of rotatable bonds is 5. The van der Waals surface area contributed by atoms with Crippen LogP contribution in [0.2, 0.25) is 0 Å². The smallest absolute Gasteiger partial charge is 0.317 e. The van der Waals surface area contributed by atoms with Crippen molar-refractivity contribution in [1.29, 1.82) is 0 Å². The van der Waals surface area contributed by atoms with Crippen LogP contribution < -0.4 is 15.5 Å². The van der Waals surface area contributed by atoms with E-state index in [0.717, 1.165) is 0 Å². The lowest BCUT2D eigenvalue weighted by Crippen LogP contribution is -2.40. The summed E-state index contributed by atoms with van der Waals surface area (Å²) in [5, 5.41) is 20.6. The molecular formula is C14H19N3O5. The molecule has 1 aliphatic rings. The number of β-amino-alcohol motifs (C(OH)–C–C–N with tert-alkyl or cyclic N) is 1. The van der Waals surface area contributed by atoms with Crippen LogP contribution in [0.3, 0.4) is 0 Å². The van der Waals surface area contributed by atoms with Gasteiger partial charge in [0.05, 0.1) is 12.6 Å². The average molecular weight is 309 g/mol. The third-order valence-electron chi connectivity index (χ3n) is 3.32. The van der Waals surface area contributed by atoms with E-state index < -0.39 is 12.0 Å². The van der Waals surface area contributed by atoms with Crippen molar-refractivity contribution in [2.75, 3.05) is 26.2 Å². The van der Waals surface area contributed by atoms with Gasteiger partial charge < -0.3 is 20.1 Å². The van der Waals surface area contributed by atoms with Gasteiger partial charge in [0, 0.05) is 18.7 Å². The van der Waals surface area contributed by atoms with Gasteiger partial charge in [0.25, 0.3) is 5.91 Å². The van der Waals surface area contributed by atoms with E-state index in [2.05, 4.69) is 5.32 Å². The van der Waals surface area contributed by atoms with Crippen molar-refractivity contribution in [3.63, 3.8) is 0 Å². The van der Waals surface area contributed by atoms with Gasteiger partial charge in [0.2, 0.25) is 0 Å². The third kappa shape index (κ3) is 4.34. The predicted molar refractivity (Wildman–Crippen MR) is 76.8 cm³/mol. The zero-order chi connectivity index (χ0) is 15.9. The van der Waals surface area contributed by atoms with E-state index in [1.165, 1.54) is 12.1 Å². The van der Waals surface area contributed by atoms with Gasteiger partial charge in [0.1, 0.15) is 12.4 Å². The summed E-state index contributed by atoms with van der Waals surface area (Å²) < 4.78 is 5.43. The number of hydrogen-bond donors (Lipinski definition) is 4. The highest BCUT2D eigenvalue weighted by Gasteiger charge is 2.23. The van der Waals surface area contributed by atoms with E-state index in [1.54, 1.807) is 22.5 Å². The number of benzene rings is 1. The van der Waals surface area contributed by atoms with Gasteiger partial charge in [-0.25, -0.2) is 10.3 Å². The molecule has 22 heavy (non-hydrogen) atoms. The number of hydrogen-bond acceptors (Lipinski definition) is 5. The molecule has 0 unspecified atom stereocenters. The molecule has 0 bridgehead atoms. The Morgan fingerprint density at radius 1 is 1.32 bits per heavy atom. The Kier molecular flexibility index (Phi) is 5.56. The molecule has 0 saturated carbocycles. The summed E-state index contributed by atoms with van der Waals surface area (Å²) in [4.78, 5) is 24.4. The fourth-order valence-corrected chi connectivity index (χ4v) is 2.13. The summed E-state index contributed by atoms with van der Waals surface area (Å²) in [6, 6.07) is 6.03. The summed E-state index contributed by atoms with van der Waals surface area (Å²) in [5.41, 5.74) is 1.86. The molecule has 3 amide bonds. The standard InChI is InChI=1S/C14H19N3O5/c18-11-5-7-17(9-11)14(20)15-6-8-22-12-3-1-10(2-4-12)13(19)16-21/h1-4,11,18,21H,5-9H2,(H,15,20)(H,16,19)/t11-/m1/s1. The number of nitrogens with one attached hydrogen (secondary N) is 2. The molecule has 1 aromatic carbocycles. The van der Waals surface area contributed by atoms with E-state index in [4.69, 9.17) is 9.94 Å². The summed E-state index contributed by atoms with van der Waals surface area (Å²) in [7, 11) is 0. The highest BCUT2D eigenvalue weighted by atomic mass is 16.5. The maximum atomic E-state index is 11.7. The fourth-order valence-electron chi connectivity index (χ4n) is 2.13. The van der Waals surface area contributed by atoms with Crippen LogP contribution in [-0.2, 0) is 0 Å². The quantitative estimate of drug-likeness (QED) is 0.346. The van der Waals surface area contributed by atoms with Gasteiger partial charge in [-0.05, 0) is 30.7 Å². The third-order valence-corrected chi connectivity index (χ3v) is 3.32. The van der Waals surface area contributed by atoms with Gasteiger partial charge in [-0.2, -0.15) is 0 Å². The zero-order valence-corrected chi connectivity index (χ0v) is 12.0. The SMILES string of the molecule is O=C(NO)c1ccc(OCCNC(=O)N2CC[C@@H](O)C2)cc1. The first-order chi connectivity index (χ1) is 10.6. The Balaban J connectivity index is 1.68. The van der Waals surface area contributed by atoms with Crippen LogP contribution in [0.15, 0.2) is 24.3 Å².